The Balaban J connectivity index is 1.40. The second kappa shape index (κ2) is 9.18. The van der Waals surface area contributed by atoms with Crippen LogP contribution in [0.15, 0.2) is 127 Å². The highest BCUT2D eigenvalue weighted by Crippen LogP contribution is 2.77. The lowest BCUT2D eigenvalue weighted by Crippen LogP contribution is -2.63. The lowest BCUT2D eigenvalue weighted by atomic mass is 9.43. The van der Waals surface area contributed by atoms with Gasteiger partial charge in [-0.2, -0.15) is 0 Å². The molecule has 9 heteroatoms. The van der Waals surface area contributed by atoms with Crippen molar-refractivity contribution in [3.63, 3.8) is 0 Å². The smallest absolute Gasteiger partial charge is 0.271 e. The molecule has 2 fully saturated rings. The number of hydroxylamine groups is 1. The van der Waals surface area contributed by atoms with E-state index in [0.29, 0.717) is 11.3 Å². The number of amides is 2. The monoisotopic (exact) mass is 609 g/mol. The molecule has 2 heterocycles. The summed E-state index contributed by atoms with van der Waals surface area (Å²) in [5.41, 5.74) is 1.69. The number of para-hydroxylation sites is 1. The van der Waals surface area contributed by atoms with Gasteiger partial charge in [0.1, 0.15) is 17.3 Å². The van der Waals surface area contributed by atoms with Crippen LogP contribution < -0.4 is 9.96 Å². The number of non-ortho nitro benzene ring substituents is 1. The van der Waals surface area contributed by atoms with E-state index in [1.807, 2.05) is 78.9 Å². The molecule has 3 unspecified atom stereocenters. The van der Waals surface area contributed by atoms with Crippen LogP contribution in [0.1, 0.15) is 45.7 Å². The molecule has 224 valence electrons. The fourth-order valence-electron chi connectivity index (χ4n) is 8.63. The summed E-state index contributed by atoms with van der Waals surface area (Å²) in [5, 5.41) is 13.1. The van der Waals surface area contributed by atoms with E-state index in [9.17, 15) is 14.5 Å². The molecule has 46 heavy (non-hydrogen) atoms. The highest BCUT2D eigenvalue weighted by Gasteiger charge is 2.87. The molecule has 0 N–H and O–H groups in total. The summed E-state index contributed by atoms with van der Waals surface area (Å²) in [6.45, 7) is 0. The molecule has 5 aromatic rings. The van der Waals surface area contributed by atoms with Crippen molar-refractivity contribution < 1.29 is 23.7 Å². The third kappa shape index (κ3) is 3.05. The predicted molar refractivity (Wildman–Crippen MR) is 166 cm³/mol. The van der Waals surface area contributed by atoms with Crippen LogP contribution in [0.2, 0.25) is 0 Å². The third-order valence-electron chi connectivity index (χ3n) is 10.2. The highest BCUT2D eigenvalue weighted by molar-refractivity contribution is 6.29. The van der Waals surface area contributed by atoms with Gasteiger partial charge in [-0.05, 0) is 64.2 Å². The van der Waals surface area contributed by atoms with Crippen LogP contribution >= 0.6 is 0 Å². The zero-order valence-corrected chi connectivity index (χ0v) is 24.1. The number of hydrogen-bond acceptors (Lipinski definition) is 6. The Labute approximate surface area is 262 Å². The van der Waals surface area contributed by atoms with E-state index >= 15 is 9.59 Å². The average Bonchev–Trinajstić information content (AvgIpc) is 3.52. The lowest BCUT2D eigenvalue weighted by molar-refractivity contribution is -0.384. The van der Waals surface area contributed by atoms with Gasteiger partial charge in [0, 0.05) is 18.1 Å². The van der Waals surface area contributed by atoms with Gasteiger partial charge in [-0.25, -0.2) is 14.4 Å². The first kappa shape index (κ1) is 26.7. The number of carbonyl (C=O) groups is 2. The quantitative estimate of drug-likeness (QED) is 0.126. The Morgan fingerprint density at radius 1 is 0.652 bits per heavy atom. The first-order chi connectivity index (χ1) is 22.4. The number of nitro groups is 1. The molecule has 10 rings (SSSR count). The average molecular weight is 610 g/mol. The molecule has 0 saturated carbocycles. The molecule has 3 atom stereocenters. The lowest BCUT2D eigenvalue weighted by Gasteiger charge is -2.55. The predicted octanol–water partition coefficient (Wildman–Crippen LogP) is 6.82. The van der Waals surface area contributed by atoms with Crippen LogP contribution in [0.25, 0.3) is 0 Å². The van der Waals surface area contributed by atoms with Crippen molar-refractivity contribution in [2.24, 2.45) is 5.41 Å². The van der Waals surface area contributed by atoms with Crippen molar-refractivity contribution in [3.8, 4) is 0 Å². The van der Waals surface area contributed by atoms with Crippen molar-refractivity contribution in [1.82, 2.24) is 0 Å². The maximum Gasteiger partial charge on any atom is 0.271 e. The number of carbonyl (C=O) groups excluding carboxylic acids is 2. The largest absolute Gasteiger partial charge is 0.273 e. The summed E-state index contributed by atoms with van der Waals surface area (Å²) >= 11 is 0. The molecule has 0 spiro atoms. The second-order valence-electron chi connectivity index (χ2n) is 12.2. The van der Waals surface area contributed by atoms with E-state index in [1.165, 1.54) is 36.4 Å². The van der Waals surface area contributed by atoms with E-state index in [-0.39, 0.29) is 11.4 Å². The van der Waals surface area contributed by atoms with Crippen molar-refractivity contribution in [2.75, 3.05) is 9.96 Å². The summed E-state index contributed by atoms with van der Waals surface area (Å²) in [5.74, 6) is -2.73. The van der Waals surface area contributed by atoms with Crippen LogP contribution in [0.3, 0.4) is 0 Å². The van der Waals surface area contributed by atoms with Crippen LogP contribution in [-0.4, -0.2) is 22.3 Å². The fraction of sp³-hybridized carbons (Fsp3) is 0.135. The molecule has 2 aliphatic heterocycles. The molecule has 2 bridgehead atoms. The van der Waals surface area contributed by atoms with E-state index in [2.05, 4.69) is 0 Å². The van der Waals surface area contributed by atoms with Gasteiger partial charge in [-0.3, -0.25) is 24.5 Å². The Morgan fingerprint density at radius 3 is 1.76 bits per heavy atom. The standard InChI is InChI=1S/C37H24FN3O5/c38-23-16-14-22(15-17-23)33-36-31-27-10-4-6-12-29(27)32(30-13-7-5-11-28(30)31)37(36,46-40(33)25-8-2-1-3-9-25)35(43)39(34(36)42)24-18-20-26(21-19-24)41(44)45/h1-21,31-33H. The molecule has 3 aliphatic carbocycles. The number of hydrogen-bond donors (Lipinski definition) is 0. The van der Waals surface area contributed by atoms with Gasteiger partial charge in [-0.15, -0.1) is 0 Å². The summed E-state index contributed by atoms with van der Waals surface area (Å²) in [6, 6.07) is 35.7. The van der Waals surface area contributed by atoms with Crippen molar-refractivity contribution in [1.29, 1.82) is 0 Å². The molecular formula is C37H24FN3O5. The minimum atomic E-state index is -1.74. The molecule has 5 aromatic carbocycles. The molecule has 8 nitrogen and oxygen atoms in total. The number of nitrogens with zero attached hydrogens (tertiary/aromatic N) is 3. The number of benzene rings is 5. The van der Waals surface area contributed by atoms with Gasteiger partial charge in [0.15, 0.2) is 0 Å². The van der Waals surface area contributed by atoms with Crippen LogP contribution in [-0.2, 0) is 14.4 Å². The van der Waals surface area contributed by atoms with Crippen LogP contribution in [0.5, 0.6) is 0 Å². The number of anilines is 2. The maximum absolute atomic E-state index is 15.6. The molecule has 0 aromatic heterocycles. The second-order valence-corrected chi connectivity index (χ2v) is 12.2. The van der Waals surface area contributed by atoms with Crippen molar-refractivity contribution in [2.45, 2.75) is 23.5 Å². The zero-order chi connectivity index (χ0) is 31.4. The third-order valence-corrected chi connectivity index (χ3v) is 10.2. The van der Waals surface area contributed by atoms with Crippen LogP contribution in [0.4, 0.5) is 21.5 Å². The Bertz CT molecular complexity index is 2060. The van der Waals surface area contributed by atoms with Crippen molar-refractivity contribution in [3.05, 3.63) is 171 Å². The Morgan fingerprint density at radius 2 is 1.20 bits per heavy atom. The van der Waals surface area contributed by atoms with Crippen molar-refractivity contribution >= 4 is 28.9 Å². The Hall–Kier alpha value is -5.67. The summed E-state index contributed by atoms with van der Waals surface area (Å²) in [6.07, 6.45) is 0. The summed E-state index contributed by atoms with van der Waals surface area (Å²) in [4.78, 5) is 50.2. The van der Waals surface area contributed by atoms with Gasteiger partial charge in [0.05, 0.1) is 22.2 Å². The minimum Gasteiger partial charge on any atom is -0.273 e. The van der Waals surface area contributed by atoms with E-state index in [4.69, 9.17) is 4.84 Å². The molecular weight excluding hydrogens is 585 g/mol. The Kier molecular flexibility index (Phi) is 5.33. The topological polar surface area (TPSA) is 93.0 Å². The van der Waals surface area contributed by atoms with E-state index in [1.54, 1.807) is 17.2 Å². The van der Waals surface area contributed by atoms with Gasteiger partial charge in [0.2, 0.25) is 11.5 Å². The number of nitro benzene ring substituents is 1. The molecule has 2 amide bonds. The SMILES string of the molecule is O=C1N(c2ccc([N+](=O)[O-])cc2)C(=O)C23C4c5ccccc5C(c5ccccc54)C12ON(c1ccccc1)C3c1ccc(F)cc1. The van der Waals surface area contributed by atoms with E-state index in [0.717, 1.165) is 27.2 Å². The zero-order valence-electron chi connectivity index (χ0n) is 24.1. The number of halogens is 1. The van der Waals surface area contributed by atoms with Gasteiger partial charge < -0.3 is 0 Å². The molecule has 2 saturated heterocycles. The molecule has 5 aliphatic rings. The molecule has 0 radical (unpaired) electrons. The normalized spacial score (nSPS) is 26.8. The highest BCUT2D eigenvalue weighted by atomic mass is 19.1. The number of rotatable bonds is 4. The first-order valence-corrected chi connectivity index (χ1v) is 15.0. The van der Waals surface area contributed by atoms with Gasteiger partial charge in [0.25, 0.3) is 11.6 Å². The number of imide groups is 1. The first-order valence-electron chi connectivity index (χ1n) is 15.0. The van der Waals surface area contributed by atoms with Crippen LogP contribution in [0, 0.1) is 21.3 Å². The van der Waals surface area contributed by atoms with Gasteiger partial charge >= 0.3 is 0 Å². The maximum atomic E-state index is 15.6. The minimum absolute atomic E-state index is 0.160. The summed E-state index contributed by atoms with van der Waals surface area (Å²) in [7, 11) is 0. The van der Waals surface area contributed by atoms with Gasteiger partial charge in [-0.1, -0.05) is 78.9 Å². The van der Waals surface area contributed by atoms with E-state index < -0.39 is 51.4 Å². The summed E-state index contributed by atoms with van der Waals surface area (Å²) < 4.78 is 14.4. The fourth-order valence-corrected chi connectivity index (χ4v) is 8.63.